The van der Waals surface area contributed by atoms with Crippen LogP contribution < -0.4 is 15.8 Å². The predicted molar refractivity (Wildman–Crippen MR) is 83.6 cm³/mol. The van der Waals surface area contributed by atoms with Gasteiger partial charge in [0.05, 0.1) is 18.4 Å². The molecule has 0 bridgehead atoms. The summed E-state index contributed by atoms with van der Waals surface area (Å²) in [6, 6.07) is 13.3. The van der Waals surface area contributed by atoms with Crippen molar-refractivity contribution in [2.24, 2.45) is 0 Å². The minimum absolute atomic E-state index is 0.615. The molecule has 5 heteroatoms. The van der Waals surface area contributed by atoms with Crippen molar-refractivity contribution in [1.82, 2.24) is 0 Å². The summed E-state index contributed by atoms with van der Waals surface area (Å²) in [6.45, 7) is 0.645. The predicted octanol–water partition coefficient (Wildman–Crippen LogP) is 3.52. The van der Waals surface area contributed by atoms with Crippen LogP contribution in [0.1, 0.15) is 11.1 Å². The van der Waals surface area contributed by atoms with Crippen LogP contribution in [0.15, 0.2) is 40.9 Å². The lowest BCUT2D eigenvalue weighted by atomic mass is 10.1. The van der Waals surface area contributed by atoms with E-state index in [0.29, 0.717) is 23.5 Å². The van der Waals surface area contributed by atoms with Crippen molar-refractivity contribution in [2.45, 2.75) is 6.54 Å². The molecule has 0 spiro atoms. The second-order valence-corrected chi connectivity index (χ2v) is 5.09. The molecule has 0 aliphatic heterocycles. The Morgan fingerprint density at radius 2 is 2.10 bits per heavy atom. The molecule has 102 valence electrons. The van der Waals surface area contributed by atoms with E-state index in [0.717, 1.165) is 15.7 Å². The van der Waals surface area contributed by atoms with Crippen molar-refractivity contribution in [3.05, 3.63) is 52.0 Å². The molecule has 3 N–H and O–H groups in total. The second-order valence-electron chi connectivity index (χ2n) is 4.24. The maximum Gasteiger partial charge on any atom is 0.141 e. The number of halogens is 1. The summed E-state index contributed by atoms with van der Waals surface area (Å²) in [7, 11) is 1.60. The molecule has 2 rings (SSSR count). The summed E-state index contributed by atoms with van der Waals surface area (Å²) >= 11 is 3.36. The molecule has 0 aliphatic rings. The smallest absolute Gasteiger partial charge is 0.141 e. The van der Waals surface area contributed by atoms with Crippen LogP contribution >= 0.6 is 15.9 Å². The molecule has 0 saturated heterocycles. The van der Waals surface area contributed by atoms with Gasteiger partial charge in [0.25, 0.3) is 0 Å². The molecule has 0 aliphatic carbocycles. The molecule has 2 aromatic rings. The van der Waals surface area contributed by atoms with Gasteiger partial charge in [-0.05, 0) is 51.8 Å². The Morgan fingerprint density at radius 3 is 2.70 bits per heavy atom. The zero-order valence-electron chi connectivity index (χ0n) is 11.0. The van der Waals surface area contributed by atoms with Crippen LogP contribution in [-0.2, 0) is 6.54 Å². The van der Waals surface area contributed by atoms with Crippen molar-refractivity contribution < 1.29 is 4.74 Å². The maximum absolute atomic E-state index is 8.87. The Kier molecular flexibility index (Phi) is 4.49. The molecule has 0 radical (unpaired) electrons. The number of benzene rings is 2. The van der Waals surface area contributed by atoms with Gasteiger partial charge in [0.1, 0.15) is 11.8 Å². The van der Waals surface area contributed by atoms with Gasteiger partial charge in [-0.1, -0.05) is 6.07 Å². The van der Waals surface area contributed by atoms with Crippen LogP contribution in [0.25, 0.3) is 0 Å². The summed E-state index contributed by atoms with van der Waals surface area (Å²) < 4.78 is 5.90. The summed E-state index contributed by atoms with van der Waals surface area (Å²) in [6.07, 6.45) is 0. The van der Waals surface area contributed by atoms with Gasteiger partial charge in [-0.15, -0.1) is 0 Å². The molecular weight excluding hydrogens is 318 g/mol. The first-order valence-electron chi connectivity index (χ1n) is 6.00. The minimum atomic E-state index is 0.615. The van der Waals surface area contributed by atoms with E-state index in [9.17, 15) is 0 Å². The fraction of sp³-hybridized carbons (Fsp3) is 0.133. The molecular formula is C15H14BrN3O. The molecule has 0 atom stereocenters. The lowest BCUT2D eigenvalue weighted by molar-refractivity contribution is 0.417. The zero-order chi connectivity index (χ0) is 14.5. The van der Waals surface area contributed by atoms with Crippen LogP contribution in [0.5, 0.6) is 5.75 Å². The van der Waals surface area contributed by atoms with Crippen LogP contribution in [0.3, 0.4) is 0 Å². The van der Waals surface area contributed by atoms with Crippen molar-refractivity contribution in [3.63, 3.8) is 0 Å². The highest BCUT2D eigenvalue weighted by atomic mass is 79.9. The van der Waals surface area contributed by atoms with Gasteiger partial charge in [0.2, 0.25) is 0 Å². The summed E-state index contributed by atoms with van der Waals surface area (Å²) in [5, 5.41) is 12.2. The Labute approximate surface area is 126 Å². The number of methoxy groups -OCH3 is 1. The van der Waals surface area contributed by atoms with Gasteiger partial charge in [-0.2, -0.15) is 5.26 Å². The van der Waals surface area contributed by atoms with E-state index < -0.39 is 0 Å². The molecule has 2 aromatic carbocycles. The molecule has 4 nitrogen and oxygen atoms in total. The number of ether oxygens (including phenoxy) is 1. The van der Waals surface area contributed by atoms with E-state index in [1.165, 1.54) is 0 Å². The normalized spacial score (nSPS) is 9.85. The molecule has 0 fully saturated rings. The van der Waals surface area contributed by atoms with E-state index in [1.807, 2.05) is 30.3 Å². The van der Waals surface area contributed by atoms with Crippen molar-refractivity contribution >= 4 is 27.3 Å². The van der Waals surface area contributed by atoms with Crippen LogP contribution in [0.2, 0.25) is 0 Å². The molecule has 0 aromatic heterocycles. The fourth-order valence-corrected chi connectivity index (χ4v) is 2.28. The maximum atomic E-state index is 8.87. The number of nitrogens with two attached hydrogens (primary N) is 1. The number of nitrogen functional groups attached to an aromatic ring is 1. The van der Waals surface area contributed by atoms with Crippen molar-refractivity contribution in [1.29, 1.82) is 5.26 Å². The Bertz CT molecular complexity index is 665. The molecule has 20 heavy (non-hydrogen) atoms. The van der Waals surface area contributed by atoms with E-state index >= 15 is 0 Å². The first-order valence-corrected chi connectivity index (χ1v) is 6.79. The second kappa shape index (κ2) is 6.31. The van der Waals surface area contributed by atoms with E-state index in [4.69, 9.17) is 15.7 Å². The van der Waals surface area contributed by atoms with Gasteiger partial charge >= 0.3 is 0 Å². The van der Waals surface area contributed by atoms with Crippen LogP contribution in [-0.4, -0.2) is 7.11 Å². The van der Waals surface area contributed by atoms with Crippen molar-refractivity contribution in [3.8, 4) is 11.8 Å². The SMILES string of the molecule is COc1ccc(CNc2ccc(C#N)c(Br)c2)cc1N. The Balaban J connectivity index is 2.07. The zero-order valence-corrected chi connectivity index (χ0v) is 12.6. The number of hydrogen-bond acceptors (Lipinski definition) is 4. The van der Waals surface area contributed by atoms with E-state index in [2.05, 4.69) is 27.3 Å². The summed E-state index contributed by atoms with van der Waals surface area (Å²) in [4.78, 5) is 0. The average Bonchev–Trinajstić information content (AvgIpc) is 2.45. The molecule has 0 amide bonds. The number of rotatable bonds is 4. The number of nitrogens with one attached hydrogen (secondary N) is 1. The van der Waals surface area contributed by atoms with Gasteiger partial charge in [0.15, 0.2) is 0 Å². The third kappa shape index (κ3) is 3.22. The standard InChI is InChI=1S/C15H14BrN3O/c1-20-15-5-2-10(6-14(15)18)9-19-12-4-3-11(8-17)13(16)7-12/h2-7,19H,9,18H2,1H3. The largest absolute Gasteiger partial charge is 0.495 e. The van der Waals surface area contributed by atoms with Gasteiger partial charge in [0, 0.05) is 16.7 Å². The molecule has 0 heterocycles. The fourth-order valence-electron chi connectivity index (χ4n) is 1.81. The van der Waals surface area contributed by atoms with E-state index in [1.54, 1.807) is 13.2 Å². The highest BCUT2D eigenvalue weighted by Gasteiger charge is 2.03. The van der Waals surface area contributed by atoms with Gasteiger partial charge in [-0.25, -0.2) is 0 Å². The van der Waals surface area contributed by atoms with Gasteiger partial charge < -0.3 is 15.8 Å². The topological polar surface area (TPSA) is 71.1 Å². The quantitative estimate of drug-likeness (QED) is 0.841. The third-order valence-electron chi connectivity index (χ3n) is 2.88. The number of anilines is 2. The van der Waals surface area contributed by atoms with Crippen LogP contribution in [0, 0.1) is 11.3 Å². The highest BCUT2D eigenvalue weighted by Crippen LogP contribution is 2.24. The Hall–Kier alpha value is -2.19. The number of hydrogen-bond donors (Lipinski definition) is 2. The van der Waals surface area contributed by atoms with Crippen molar-refractivity contribution in [2.75, 3.05) is 18.2 Å². The lowest BCUT2D eigenvalue weighted by Gasteiger charge is -2.10. The monoisotopic (exact) mass is 331 g/mol. The number of nitriles is 1. The highest BCUT2D eigenvalue weighted by molar-refractivity contribution is 9.10. The third-order valence-corrected chi connectivity index (χ3v) is 3.54. The molecule has 0 saturated carbocycles. The summed E-state index contributed by atoms with van der Waals surface area (Å²) in [5.41, 5.74) is 9.09. The minimum Gasteiger partial charge on any atom is -0.495 e. The average molecular weight is 332 g/mol. The summed E-state index contributed by atoms with van der Waals surface area (Å²) in [5.74, 6) is 0.676. The molecule has 0 unspecified atom stereocenters. The number of nitrogens with zero attached hydrogens (tertiary/aromatic N) is 1. The van der Waals surface area contributed by atoms with Gasteiger partial charge in [-0.3, -0.25) is 0 Å². The Morgan fingerprint density at radius 1 is 1.30 bits per heavy atom. The lowest BCUT2D eigenvalue weighted by Crippen LogP contribution is -2.01. The first-order chi connectivity index (χ1) is 9.63. The first kappa shape index (κ1) is 14.2. The van der Waals surface area contributed by atoms with Crippen LogP contribution in [0.4, 0.5) is 11.4 Å². The van der Waals surface area contributed by atoms with E-state index in [-0.39, 0.29) is 0 Å².